The Hall–Kier alpha value is -3.21. The van der Waals surface area contributed by atoms with Crippen LogP contribution in [0.5, 0.6) is 23.0 Å². The normalized spacial score (nSPS) is 17.2. The minimum absolute atomic E-state index is 0. The first-order valence-electron chi connectivity index (χ1n) is 39.7. The molecule has 0 bridgehead atoms. The zero-order chi connectivity index (χ0) is 88.2. The summed E-state index contributed by atoms with van der Waals surface area (Å²) in [6.07, 6.45) is 23.5. The van der Waals surface area contributed by atoms with Crippen molar-refractivity contribution in [2.75, 3.05) is 69.6 Å². The molecule has 0 saturated heterocycles. The van der Waals surface area contributed by atoms with E-state index in [9.17, 15) is 42.0 Å². The van der Waals surface area contributed by atoms with E-state index in [1.54, 1.807) is 64.9 Å². The van der Waals surface area contributed by atoms with Crippen molar-refractivity contribution in [1.82, 2.24) is 0 Å². The number of rotatable bonds is 25. The molecule has 12 rings (SSSR count). The predicted molar refractivity (Wildman–Crippen MR) is 514 cm³/mol. The molecule has 5 aromatic rings. The molecular formula is C91H122BBrCl5I2MgNNaO16S2Si. The predicted octanol–water partition coefficient (Wildman–Crippen LogP) is 17.2. The zero-order valence-electron chi connectivity index (χ0n) is 73.9. The fourth-order valence-electron chi connectivity index (χ4n) is 12.4. The second-order valence-electron chi connectivity index (χ2n) is 30.1. The van der Waals surface area contributed by atoms with Crippen LogP contribution in [0.4, 0.5) is 0 Å². The molecule has 1 radical (unpaired) electrons. The van der Waals surface area contributed by atoms with Gasteiger partial charge in [-0.05, 0) is 194 Å². The molecule has 2 fully saturated rings. The van der Waals surface area contributed by atoms with Crippen LogP contribution >= 0.6 is 110 Å². The topological polar surface area (TPSA) is 242 Å². The van der Waals surface area contributed by atoms with Crippen molar-refractivity contribution >= 4 is 215 Å². The minimum atomic E-state index is -4.02. The summed E-state index contributed by atoms with van der Waals surface area (Å²) in [5.41, 5.74) is 7.88. The summed E-state index contributed by atoms with van der Waals surface area (Å²) in [7, 11) is 5.79. The van der Waals surface area contributed by atoms with Gasteiger partial charge in [0.25, 0.3) is 10.1 Å². The molecule has 665 valence electrons. The number of hydrogen-bond donors (Lipinski definition) is 2. The maximum atomic E-state index is 11.9. The van der Waals surface area contributed by atoms with Gasteiger partial charge in [0, 0.05) is 103 Å². The van der Waals surface area contributed by atoms with Gasteiger partial charge in [0.05, 0.1) is 58.7 Å². The summed E-state index contributed by atoms with van der Waals surface area (Å²) >= 11 is 33.5. The number of ketones is 7. The number of thiol groups is 1. The average Bonchev–Trinajstić information content (AvgIpc) is 1.64. The summed E-state index contributed by atoms with van der Waals surface area (Å²) in [6, 6.07) is 40.0. The number of fused-ring (bicyclic) bond motifs is 1. The first kappa shape index (κ1) is 123. The van der Waals surface area contributed by atoms with Crippen molar-refractivity contribution in [2.24, 2.45) is 45.7 Å². The number of aryl methyl sites for hydroxylation is 1. The fourth-order valence-corrected chi connectivity index (χ4v) is 14.3. The van der Waals surface area contributed by atoms with E-state index < -0.39 is 17.5 Å². The van der Waals surface area contributed by atoms with Gasteiger partial charge >= 0.3 is 77.4 Å². The number of methoxy groups -OCH3 is 4. The van der Waals surface area contributed by atoms with Crippen LogP contribution in [-0.4, -0.2) is 161 Å². The average molecular weight is 2150 g/mol. The van der Waals surface area contributed by atoms with Crippen LogP contribution in [0.2, 0.25) is 19.6 Å². The molecule has 7 aliphatic carbocycles. The molecule has 0 aromatic heterocycles. The number of Topliss-reactive ketones (excluding diaryl/α,β-unsaturated/α-hetero) is 2. The Balaban J connectivity index is -0.000000649. The van der Waals surface area contributed by atoms with Crippen LogP contribution in [0.15, 0.2) is 172 Å². The maximum absolute atomic E-state index is 11.9. The largest absolute Gasteiger partial charge is 2.00 e. The molecule has 17 nitrogen and oxygen atoms in total. The molecule has 7 aliphatic rings. The van der Waals surface area contributed by atoms with Gasteiger partial charge in [0.2, 0.25) is 0 Å². The van der Waals surface area contributed by atoms with Crippen molar-refractivity contribution in [3.05, 3.63) is 192 Å². The van der Waals surface area contributed by atoms with Gasteiger partial charge in [-0.1, -0.05) is 130 Å². The Bertz CT molecular complexity index is 4050. The van der Waals surface area contributed by atoms with Crippen molar-refractivity contribution in [1.29, 1.82) is 0 Å². The number of hydrogen-bond acceptors (Lipinski definition) is 17. The molecule has 0 spiro atoms. The van der Waals surface area contributed by atoms with E-state index in [0.717, 1.165) is 145 Å². The van der Waals surface area contributed by atoms with Gasteiger partial charge < -0.3 is 53.8 Å². The Kier molecular flexibility index (Phi) is 71.2. The third-order valence-electron chi connectivity index (χ3n) is 18.2. The first-order valence-corrected chi connectivity index (χ1v) is 49.7. The number of nitrogens with zero attached hydrogens (tertiary/aromatic N) is 1. The molecule has 31 heteroatoms. The summed E-state index contributed by atoms with van der Waals surface area (Å²) < 4.78 is 64.7. The molecule has 0 heterocycles. The van der Waals surface area contributed by atoms with Crippen molar-refractivity contribution in [3.63, 3.8) is 0 Å². The van der Waals surface area contributed by atoms with Crippen LogP contribution < -0.4 is 72.5 Å². The maximum Gasteiger partial charge on any atom is 2.00 e. The number of carbonyl (C=O) groups is 7. The molecule has 2 saturated carbocycles. The van der Waals surface area contributed by atoms with E-state index >= 15 is 0 Å². The molecule has 5 atom stereocenters. The zero-order valence-corrected chi connectivity index (χ0v) is 88.8. The van der Waals surface area contributed by atoms with Crippen LogP contribution in [0.1, 0.15) is 167 Å². The van der Waals surface area contributed by atoms with E-state index in [-0.39, 0.29) is 153 Å². The van der Waals surface area contributed by atoms with E-state index in [0.29, 0.717) is 91.7 Å². The molecule has 5 unspecified atom stereocenters. The number of allylic oxidation sites excluding steroid dienone is 10. The van der Waals surface area contributed by atoms with Gasteiger partial charge in [0.15, 0.2) is 28.9 Å². The van der Waals surface area contributed by atoms with E-state index in [1.165, 1.54) is 34.1 Å². The van der Waals surface area contributed by atoms with Gasteiger partial charge in [-0.15, -0.1) is 75.5 Å². The minimum Gasteiger partial charge on any atom is -1.00 e. The summed E-state index contributed by atoms with van der Waals surface area (Å²) in [4.78, 5) is 77.7. The molecule has 5 aromatic carbocycles. The van der Waals surface area contributed by atoms with Crippen molar-refractivity contribution in [2.45, 2.75) is 175 Å². The summed E-state index contributed by atoms with van der Waals surface area (Å²) in [6.45, 7) is 17.9. The standard InChI is InChI=1S/2C15H17ClO2.C15H16O2.C12H19ClO2.C9H14O2.C7H8O3S.C7H7O.C5H6O2.C3H6ClI.C3H9ClSi.BHNS.BrH.HI.Mg.Na.H/c2*1-18-14-6-4-11(5-7-14)15-10-13(17)9-12(15)3-2-8-16;1-17-11-7-5-10(6-8-11)14-9-15(16)13-4-2-3-12(13)14;1-9(2)8-15-11-6-10(4-3-5-13)12(14)7-11;1-7(2)6-11-9-4-3-8(10)5-9;1-6-2-4-7(5-3-6)11(8,9)10;1-8-7-5-3-2-4-6-7;6-4-1-2-5(7)3-4;4-2-1-3-5;1-5(2,3)4;1-2-3;;;;;/h2*4-7,10,12H,2-3,8-9H2,1H3;5-9,12-13H,2-4H2,1H3;7,9-10H,3-6,8H2,1-2H3;5,7H,3-4,6H2,1-2H3;2-5H,1H3,(H,8,9,10);3-6H,1H3;1-3H2;1-3H2;1-3H3;3H;2*1H;;;/q;;;;;;-1;;;;;;;+2;+1;-1/p-1. The van der Waals surface area contributed by atoms with E-state index in [2.05, 4.69) is 113 Å². The smallest absolute Gasteiger partial charge is 1.00 e. The van der Waals surface area contributed by atoms with E-state index in [1.807, 2.05) is 97.9 Å². The van der Waals surface area contributed by atoms with Crippen molar-refractivity contribution in [3.8, 4) is 23.0 Å². The Morgan fingerprint density at radius 1 is 0.541 bits per heavy atom. The van der Waals surface area contributed by atoms with Crippen LogP contribution in [-0.2, 0) is 53.2 Å². The quantitative estimate of drug-likeness (QED) is 0.00806. The Morgan fingerprint density at radius 2 is 0.918 bits per heavy atom. The van der Waals surface area contributed by atoms with Crippen LogP contribution in [0, 0.1) is 54.4 Å². The van der Waals surface area contributed by atoms with E-state index in [4.69, 9.17) is 90.5 Å². The van der Waals surface area contributed by atoms with Crippen LogP contribution in [0.3, 0.4) is 0 Å². The van der Waals surface area contributed by atoms with Gasteiger partial charge in [-0.3, -0.25) is 38.1 Å². The number of carbonyl (C=O) groups excluding carboxylic acids is 7. The van der Waals surface area contributed by atoms with Gasteiger partial charge in [0.1, 0.15) is 42.0 Å². The Labute approximate surface area is 840 Å². The second kappa shape index (κ2) is 70.7. The molecule has 122 heavy (non-hydrogen) atoms. The number of ether oxygens (including phenoxy) is 6. The monoisotopic (exact) mass is 2140 g/mol. The second-order valence-corrected chi connectivity index (χ2v) is 41.8. The van der Waals surface area contributed by atoms with Gasteiger partial charge in [-0.2, -0.15) is 37.7 Å². The third kappa shape index (κ3) is 53.7. The number of alkyl halides is 5. The summed E-state index contributed by atoms with van der Waals surface area (Å²) in [5, 5.41) is 0. The van der Waals surface area contributed by atoms with Crippen molar-refractivity contribution < 1.29 is 130 Å². The number of benzene rings is 5. The SMILES string of the molecule is Br.CC(C)COC1=CC(=O)C(CCCCl)C1.CC(C)COC1=CC(=O)CC1.COc1cc[c-]cc1.COc1ccc(C2=CC(=O)C3CCCC23)cc1.COc1ccc(C2=CC(=O)CC2CCCCl)cc1.COc1ccc(C2=CC(=O)CC2CCCCl)cc1.C[Si](C)(C)Cl.Cc1ccc(S(=O)(=O)O)cc1.ClCCCI.O=C1CCC(=O)C1.[B]=NS.[H-].[I-].[Mg+2].[Na+]. The Morgan fingerprint density at radius 3 is 1.25 bits per heavy atom. The first-order chi connectivity index (χ1) is 56.1. The molecule has 1 N–H and O–H groups in total. The third-order valence-corrected chi connectivity index (χ3v) is 20.9. The van der Waals surface area contributed by atoms with Crippen LogP contribution in [0.25, 0.3) is 16.7 Å². The molecular weight excluding hydrogens is 2020 g/mol. The fraction of sp³-hybridized carbons (Fsp3) is 0.484. The number of halogens is 8. The summed E-state index contributed by atoms with van der Waals surface area (Å²) in [5.74, 6) is 11.8. The van der Waals surface area contributed by atoms with Gasteiger partial charge in [-0.25, -0.2) is 0 Å². The molecule has 0 amide bonds. The molecule has 0 aliphatic heterocycles.